The molecule has 0 atom stereocenters. The van der Waals surface area contributed by atoms with Crippen molar-refractivity contribution in [3.05, 3.63) is 23.9 Å². The Labute approximate surface area is 105 Å². The highest BCUT2D eigenvalue weighted by Gasteiger charge is 2.14. The van der Waals surface area contributed by atoms with E-state index < -0.39 is 6.61 Å². The lowest BCUT2D eigenvalue weighted by atomic mass is 10.2. The Morgan fingerprint density at radius 2 is 2.00 bits per heavy atom. The van der Waals surface area contributed by atoms with Crippen LogP contribution >= 0.6 is 0 Å². The van der Waals surface area contributed by atoms with Gasteiger partial charge < -0.3 is 9.64 Å². The van der Waals surface area contributed by atoms with E-state index in [4.69, 9.17) is 0 Å². The number of aromatic nitrogens is 1. The van der Waals surface area contributed by atoms with E-state index in [1.807, 2.05) is 0 Å². The van der Waals surface area contributed by atoms with Crippen LogP contribution in [-0.2, 0) is 6.54 Å². The van der Waals surface area contributed by atoms with Crippen LogP contribution in [0.4, 0.5) is 8.78 Å². The van der Waals surface area contributed by atoms with Crippen LogP contribution in [0.1, 0.15) is 5.56 Å². The van der Waals surface area contributed by atoms with Crippen molar-refractivity contribution < 1.29 is 13.5 Å². The number of halogens is 2. The van der Waals surface area contributed by atoms with E-state index in [2.05, 4.69) is 26.6 Å². The molecule has 0 N–H and O–H groups in total. The Kier molecular flexibility index (Phi) is 4.43. The second-order valence-corrected chi connectivity index (χ2v) is 4.46. The van der Waals surface area contributed by atoms with Crippen LogP contribution in [-0.4, -0.2) is 54.6 Å². The van der Waals surface area contributed by atoms with Gasteiger partial charge in [0, 0.05) is 45.0 Å². The highest BCUT2D eigenvalue weighted by molar-refractivity contribution is 5.17. The fourth-order valence-electron chi connectivity index (χ4n) is 1.93. The minimum atomic E-state index is -2.82. The molecule has 0 unspecified atom stereocenters. The van der Waals surface area contributed by atoms with Crippen LogP contribution in [0.2, 0.25) is 0 Å². The number of ether oxygens (including phenoxy) is 1. The fraction of sp³-hybridized carbons (Fsp3) is 0.583. The van der Waals surface area contributed by atoms with Gasteiger partial charge in [0.1, 0.15) is 0 Å². The quantitative estimate of drug-likeness (QED) is 0.816. The summed E-state index contributed by atoms with van der Waals surface area (Å²) in [6.07, 6.45) is 1.59. The average molecular weight is 257 g/mol. The molecule has 0 saturated carbocycles. The largest absolute Gasteiger partial charge is 0.417 e. The molecule has 0 amide bonds. The van der Waals surface area contributed by atoms with E-state index in [1.54, 1.807) is 12.3 Å². The standard InChI is InChI=1S/C12H17F2N3O/c1-16-4-6-17(7-5-16)9-10-2-3-11(15-8-10)18-12(13)14/h2-3,8,12H,4-7,9H2,1H3. The van der Waals surface area contributed by atoms with Crippen molar-refractivity contribution in [1.82, 2.24) is 14.8 Å². The molecule has 0 radical (unpaired) electrons. The van der Waals surface area contributed by atoms with Crippen molar-refractivity contribution in [1.29, 1.82) is 0 Å². The van der Waals surface area contributed by atoms with Crippen LogP contribution in [0.25, 0.3) is 0 Å². The third-order valence-corrected chi connectivity index (χ3v) is 3.01. The highest BCUT2D eigenvalue weighted by Crippen LogP contribution is 2.13. The van der Waals surface area contributed by atoms with Gasteiger partial charge in [-0.25, -0.2) is 4.98 Å². The summed E-state index contributed by atoms with van der Waals surface area (Å²) in [4.78, 5) is 8.47. The topological polar surface area (TPSA) is 28.6 Å². The van der Waals surface area contributed by atoms with E-state index in [1.165, 1.54) is 6.07 Å². The molecule has 0 aliphatic carbocycles. The Morgan fingerprint density at radius 1 is 1.28 bits per heavy atom. The van der Waals surface area contributed by atoms with Gasteiger partial charge >= 0.3 is 6.61 Å². The first kappa shape index (κ1) is 13.2. The third kappa shape index (κ3) is 3.89. The van der Waals surface area contributed by atoms with Crippen LogP contribution in [0.15, 0.2) is 18.3 Å². The van der Waals surface area contributed by atoms with Gasteiger partial charge in [-0.3, -0.25) is 4.90 Å². The molecule has 0 bridgehead atoms. The monoisotopic (exact) mass is 257 g/mol. The minimum Gasteiger partial charge on any atom is -0.417 e. The van der Waals surface area contributed by atoms with Gasteiger partial charge in [-0.2, -0.15) is 8.78 Å². The summed E-state index contributed by atoms with van der Waals surface area (Å²) < 4.78 is 28.1. The number of pyridine rings is 1. The first-order valence-corrected chi connectivity index (χ1v) is 5.94. The molecule has 0 aromatic carbocycles. The van der Waals surface area contributed by atoms with E-state index >= 15 is 0 Å². The molecule has 1 fully saturated rings. The molecular weight excluding hydrogens is 240 g/mol. The van der Waals surface area contributed by atoms with Crippen molar-refractivity contribution >= 4 is 0 Å². The van der Waals surface area contributed by atoms with Gasteiger partial charge in [0.15, 0.2) is 0 Å². The SMILES string of the molecule is CN1CCN(Cc2ccc(OC(F)F)nc2)CC1. The van der Waals surface area contributed by atoms with Gasteiger partial charge in [0.05, 0.1) is 0 Å². The number of alkyl halides is 2. The van der Waals surface area contributed by atoms with Crippen LogP contribution in [0.3, 0.4) is 0 Å². The van der Waals surface area contributed by atoms with E-state index in [-0.39, 0.29) is 5.88 Å². The molecule has 1 aliphatic rings. The van der Waals surface area contributed by atoms with Gasteiger partial charge in [-0.15, -0.1) is 0 Å². The van der Waals surface area contributed by atoms with Gasteiger partial charge in [0.2, 0.25) is 5.88 Å². The van der Waals surface area contributed by atoms with E-state index in [9.17, 15) is 8.78 Å². The predicted molar refractivity (Wildman–Crippen MR) is 63.6 cm³/mol. The number of piperazine rings is 1. The lowest BCUT2D eigenvalue weighted by molar-refractivity contribution is -0.0528. The second-order valence-electron chi connectivity index (χ2n) is 4.46. The smallest absolute Gasteiger partial charge is 0.388 e. The second kappa shape index (κ2) is 6.06. The maximum absolute atomic E-state index is 12.0. The maximum Gasteiger partial charge on any atom is 0.388 e. The Hall–Kier alpha value is -1.27. The highest BCUT2D eigenvalue weighted by atomic mass is 19.3. The Morgan fingerprint density at radius 3 is 2.56 bits per heavy atom. The summed E-state index contributed by atoms with van der Waals surface area (Å²) in [7, 11) is 2.11. The predicted octanol–water partition coefficient (Wildman–Crippen LogP) is 1.43. The summed E-state index contributed by atoms with van der Waals surface area (Å²) in [5.41, 5.74) is 1.01. The first-order chi connectivity index (χ1) is 8.63. The Bertz CT molecular complexity index is 364. The van der Waals surface area contributed by atoms with Gasteiger partial charge in [-0.05, 0) is 12.6 Å². The van der Waals surface area contributed by atoms with Gasteiger partial charge in [0.25, 0.3) is 0 Å². The fourth-order valence-corrected chi connectivity index (χ4v) is 1.93. The summed E-state index contributed by atoms with van der Waals surface area (Å²) >= 11 is 0. The zero-order chi connectivity index (χ0) is 13.0. The van der Waals surface area contributed by atoms with Crippen molar-refractivity contribution in [3.63, 3.8) is 0 Å². The Balaban J connectivity index is 1.86. The number of nitrogens with zero attached hydrogens (tertiary/aromatic N) is 3. The molecule has 1 saturated heterocycles. The van der Waals surface area contributed by atoms with Crippen molar-refractivity contribution in [2.45, 2.75) is 13.2 Å². The lowest BCUT2D eigenvalue weighted by Crippen LogP contribution is -2.43. The number of hydrogen-bond acceptors (Lipinski definition) is 4. The normalized spacial score (nSPS) is 18.2. The summed E-state index contributed by atoms with van der Waals surface area (Å²) in [6, 6.07) is 3.26. The minimum absolute atomic E-state index is 0.0351. The molecule has 2 rings (SSSR count). The maximum atomic E-state index is 12.0. The molecule has 1 aromatic heterocycles. The number of likely N-dealkylation sites (N-methyl/N-ethyl adjacent to an activating group) is 1. The zero-order valence-corrected chi connectivity index (χ0v) is 10.4. The lowest BCUT2D eigenvalue weighted by Gasteiger charge is -2.32. The molecular formula is C12H17F2N3O. The molecule has 1 aromatic rings. The van der Waals surface area contributed by atoms with E-state index in [0.717, 1.165) is 38.3 Å². The van der Waals surface area contributed by atoms with Crippen molar-refractivity contribution in [2.24, 2.45) is 0 Å². The first-order valence-electron chi connectivity index (χ1n) is 5.94. The summed E-state index contributed by atoms with van der Waals surface area (Å²) in [5.74, 6) is -0.0351. The van der Waals surface area contributed by atoms with Gasteiger partial charge in [-0.1, -0.05) is 6.07 Å². The summed E-state index contributed by atoms with van der Waals surface area (Å²) in [6.45, 7) is 2.13. The molecule has 100 valence electrons. The molecule has 6 heteroatoms. The van der Waals surface area contributed by atoms with Crippen LogP contribution in [0, 0.1) is 0 Å². The van der Waals surface area contributed by atoms with E-state index in [0.29, 0.717) is 0 Å². The average Bonchev–Trinajstić information content (AvgIpc) is 2.34. The molecule has 0 spiro atoms. The van der Waals surface area contributed by atoms with Crippen molar-refractivity contribution in [2.75, 3.05) is 33.2 Å². The van der Waals surface area contributed by atoms with Crippen molar-refractivity contribution in [3.8, 4) is 5.88 Å². The van der Waals surface area contributed by atoms with Crippen LogP contribution < -0.4 is 4.74 Å². The van der Waals surface area contributed by atoms with Crippen LogP contribution in [0.5, 0.6) is 5.88 Å². The molecule has 2 heterocycles. The third-order valence-electron chi connectivity index (χ3n) is 3.01. The molecule has 1 aliphatic heterocycles. The number of rotatable bonds is 4. The number of hydrogen-bond donors (Lipinski definition) is 0. The summed E-state index contributed by atoms with van der Waals surface area (Å²) in [5, 5.41) is 0. The molecule has 18 heavy (non-hydrogen) atoms. The molecule has 4 nitrogen and oxygen atoms in total. The zero-order valence-electron chi connectivity index (χ0n) is 10.4.